The number of aryl methyl sites for hydroxylation is 1. The molecule has 1 heterocycles. The maximum Gasteiger partial charge on any atom is 0.359 e. The fraction of sp³-hybridized carbons (Fsp3) is 0.375. The number of anilines is 1. The third-order valence-electron chi connectivity index (χ3n) is 5.35. The second kappa shape index (κ2) is 9.22. The van der Waals surface area contributed by atoms with E-state index in [0.717, 1.165) is 23.2 Å². The molecule has 6 nitrogen and oxygen atoms in total. The molecule has 1 aliphatic rings. The number of carbonyl (C=O) groups is 1. The average molecular weight is 411 g/mol. The fourth-order valence-electron chi connectivity index (χ4n) is 3.76. The van der Waals surface area contributed by atoms with Crippen LogP contribution in [0.4, 0.5) is 5.69 Å². The van der Waals surface area contributed by atoms with Gasteiger partial charge in [0.2, 0.25) is 0 Å². The quantitative estimate of drug-likeness (QED) is 0.564. The van der Waals surface area contributed by atoms with Gasteiger partial charge in [-0.3, -0.25) is 0 Å². The summed E-state index contributed by atoms with van der Waals surface area (Å²) >= 11 is 0. The van der Waals surface area contributed by atoms with Gasteiger partial charge in [-0.15, -0.1) is 0 Å². The highest BCUT2D eigenvalue weighted by molar-refractivity contribution is 5.94. The van der Waals surface area contributed by atoms with Gasteiger partial charge in [0.25, 0.3) is 0 Å². The largest absolute Gasteiger partial charge is 0.510 e. The molecule has 2 aromatic rings. The molecule has 0 aromatic heterocycles. The van der Waals surface area contributed by atoms with E-state index in [1.54, 1.807) is 23.1 Å². The lowest BCUT2D eigenvalue weighted by Gasteiger charge is -2.37. The van der Waals surface area contributed by atoms with Crippen molar-refractivity contribution < 1.29 is 24.9 Å². The smallest absolute Gasteiger partial charge is 0.359 e. The first-order valence-electron chi connectivity index (χ1n) is 10.3. The lowest BCUT2D eigenvalue weighted by Crippen LogP contribution is -2.43. The van der Waals surface area contributed by atoms with E-state index in [1.165, 1.54) is 0 Å². The lowest BCUT2D eigenvalue weighted by atomic mass is 9.90. The predicted molar refractivity (Wildman–Crippen MR) is 115 cm³/mol. The molecule has 6 heteroatoms. The number of benzene rings is 2. The van der Waals surface area contributed by atoms with Crippen LogP contribution in [0.15, 0.2) is 60.0 Å². The number of phenols is 1. The van der Waals surface area contributed by atoms with Gasteiger partial charge in [-0.05, 0) is 61.6 Å². The van der Waals surface area contributed by atoms with E-state index in [9.17, 15) is 20.1 Å². The third-order valence-corrected chi connectivity index (χ3v) is 5.35. The first kappa shape index (κ1) is 21.7. The number of nitrogens with zero attached hydrogens (tertiary/aromatic N) is 1. The number of phenolic OH excluding ortho intramolecular Hbond substituents is 1. The van der Waals surface area contributed by atoms with Crippen molar-refractivity contribution in [3.63, 3.8) is 0 Å². The average Bonchev–Trinajstić information content (AvgIpc) is 2.72. The molecule has 2 aromatic carbocycles. The number of hydrogen-bond donors (Lipinski definition) is 3. The SMILES string of the molecule is CCCN(C1=C(O)CC(C)(CCc2ccc(O)cc2)OC1=O)c1cccc(CO)c1. The topological polar surface area (TPSA) is 90.2 Å². The molecular formula is C24H29NO5. The zero-order valence-corrected chi connectivity index (χ0v) is 17.5. The van der Waals surface area contributed by atoms with Crippen LogP contribution in [0.3, 0.4) is 0 Å². The zero-order chi connectivity index (χ0) is 21.7. The van der Waals surface area contributed by atoms with Gasteiger partial charge in [0.15, 0.2) is 5.70 Å². The first-order valence-corrected chi connectivity index (χ1v) is 10.3. The van der Waals surface area contributed by atoms with Crippen molar-refractivity contribution in [2.45, 2.75) is 51.7 Å². The predicted octanol–water partition coefficient (Wildman–Crippen LogP) is 4.21. The van der Waals surface area contributed by atoms with Gasteiger partial charge < -0.3 is 25.0 Å². The van der Waals surface area contributed by atoms with E-state index in [1.807, 2.05) is 44.2 Å². The van der Waals surface area contributed by atoms with Crippen LogP contribution < -0.4 is 4.90 Å². The second-order valence-corrected chi connectivity index (χ2v) is 7.96. The minimum atomic E-state index is -0.812. The number of cyclic esters (lactones) is 1. The van der Waals surface area contributed by atoms with Crippen LogP contribution in [0, 0.1) is 0 Å². The number of aliphatic hydroxyl groups excluding tert-OH is 2. The number of carbonyl (C=O) groups excluding carboxylic acids is 1. The second-order valence-electron chi connectivity index (χ2n) is 7.96. The molecule has 3 N–H and O–H groups in total. The van der Waals surface area contributed by atoms with Gasteiger partial charge >= 0.3 is 5.97 Å². The standard InChI is InChI=1S/C24H29NO5/c1-3-13-25(19-6-4-5-18(14-19)16-26)22-21(28)15-24(2,30-23(22)29)12-11-17-7-9-20(27)10-8-17/h4-10,14,26-28H,3,11-13,15-16H2,1-2H3. The van der Waals surface area contributed by atoms with E-state index in [-0.39, 0.29) is 30.2 Å². The number of ether oxygens (including phenoxy) is 1. The molecular weight excluding hydrogens is 382 g/mol. The molecule has 3 rings (SSSR count). The van der Waals surface area contributed by atoms with Crippen LogP contribution in [0.2, 0.25) is 0 Å². The summed E-state index contributed by atoms with van der Waals surface area (Å²) in [6, 6.07) is 14.2. The van der Waals surface area contributed by atoms with E-state index in [4.69, 9.17) is 4.74 Å². The third kappa shape index (κ3) is 4.94. The molecule has 1 aliphatic heterocycles. The summed E-state index contributed by atoms with van der Waals surface area (Å²) in [6.07, 6.45) is 2.20. The summed E-state index contributed by atoms with van der Waals surface area (Å²) in [4.78, 5) is 14.7. The van der Waals surface area contributed by atoms with Gasteiger partial charge in [0, 0.05) is 18.7 Å². The van der Waals surface area contributed by atoms with E-state index < -0.39 is 11.6 Å². The number of hydrogen-bond acceptors (Lipinski definition) is 6. The normalized spacial score (nSPS) is 19.0. The highest BCUT2D eigenvalue weighted by Gasteiger charge is 2.40. The van der Waals surface area contributed by atoms with Crippen molar-refractivity contribution in [3.8, 4) is 5.75 Å². The van der Waals surface area contributed by atoms with Crippen molar-refractivity contribution in [2.75, 3.05) is 11.4 Å². The molecule has 0 aliphatic carbocycles. The van der Waals surface area contributed by atoms with Gasteiger partial charge in [-0.25, -0.2) is 4.79 Å². The minimum Gasteiger partial charge on any atom is -0.510 e. The molecule has 0 saturated carbocycles. The minimum absolute atomic E-state index is 0.0160. The Morgan fingerprint density at radius 3 is 2.47 bits per heavy atom. The maximum atomic E-state index is 13.0. The van der Waals surface area contributed by atoms with Gasteiger partial charge in [-0.1, -0.05) is 31.2 Å². The van der Waals surface area contributed by atoms with Gasteiger partial charge in [0.05, 0.1) is 6.61 Å². The van der Waals surface area contributed by atoms with Gasteiger partial charge in [-0.2, -0.15) is 0 Å². The van der Waals surface area contributed by atoms with Crippen molar-refractivity contribution in [2.24, 2.45) is 0 Å². The van der Waals surface area contributed by atoms with E-state index in [0.29, 0.717) is 19.4 Å². The Morgan fingerprint density at radius 2 is 1.83 bits per heavy atom. The molecule has 0 fully saturated rings. The molecule has 0 spiro atoms. The van der Waals surface area contributed by atoms with Crippen molar-refractivity contribution in [1.29, 1.82) is 0 Å². The number of esters is 1. The molecule has 0 amide bonds. The Balaban J connectivity index is 1.82. The molecule has 1 unspecified atom stereocenters. The van der Waals surface area contributed by atoms with Crippen LogP contribution in [0.5, 0.6) is 5.75 Å². The number of rotatable bonds is 8. The highest BCUT2D eigenvalue weighted by atomic mass is 16.6. The maximum absolute atomic E-state index is 13.0. The molecule has 160 valence electrons. The Hall–Kier alpha value is -2.99. The van der Waals surface area contributed by atoms with Crippen LogP contribution in [0.1, 0.15) is 44.2 Å². The first-order chi connectivity index (χ1) is 14.3. The van der Waals surface area contributed by atoms with Crippen LogP contribution in [0.25, 0.3) is 0 Å². The molecule has 0 radical (unpaired) electrons. The summed E-state index contributed by atoms with van der Waals surface area (Å²) in [5, 5.41) is 29.7. The Morgan fingerprint density at radius 1 is 1.10 bits per heavy atom. The van der Waals surface area contributed by atoms with Crippen LogP contribution >= 0.6 is 0 Å². The van der Waals surface area contributed by atoms with Gasteiger partial charge in [0.1, 0.15) is 17.1 Å². The summed E-state index contributed by atoms with van der Waals surface area (Å²) in [5.74, 6) is -0.322. The van der Waals surface area contributed by atoms with Crippen LogP contribution in [-0.2, 0) is 22.6 Å². The van der Waals surface area contributed by atoms with Crippen molar-refractivity contribution in [3.05, 3.63) is 71.1 Å². The zero-order valence-electron chi connectivity index (χ0n) is 17.5. The highest BCUT2D eigenvalue weighted by Crippen LogP contribution is 2.35. The molecule has 0 bridgehead atoms. The van der Waals surface area contributed by atoms with Crippen LogP contribution in [-0.4, -0.2) is 33.4 Å². The molecule has 30 heavy (non-hydrogen) atoms. The van der Waals surface area contributed by atoms with Crippen molar-refractivity contribution in [1.82, 2.24) is 0 Å². The Bertz CT molecular complexity index is 921. The summed E-state index contributed by atoms with van der Waals surface area (Å²) in [5.41, 5.74) is 1.83. The van der Waals surface area contributed by atoms with E-state index >= 15 is 0 Å². The molecule has 0 saturated heterocycles. The van der Waals surface area contributed by atoms with E-state index in [2.05, 4.69) is 0 Å². The Kier molecular flexibility index (Phi) is 6.67. The fourth-order valence-corrected chi connectivity index (χ4v) is 3.76. The molecule has 1 atom stereocenters. The summed E-state index contributed by atoms with van der Waals surface area (Å²) in [7, 11) is 0. The summed E-state index contributed by atoms with van der Waals surface area (Å²) in [6.45, 7) is 4.26. The summed E-state index contributed by atoms with van der Waals surface area (Å²) < 4.78 is 5.81. The van der Waals surface area contributed by atoms with Crippen molar-refractivity contribution >= 4 is 11.7 Å². The lowest BCUT2D eigenvalue weighted by molar-refractivity contribution is -0.157. The number of aliphatic hydroxyl groups is 2. The number of aromatic hydroxyl groups is 1. The Labute approximate surface area is 177 Å². The monoisotopic (exact) mass is 411 g/mol.